The fraction of sp³-hybridized carbons (Fsp3) is 0.318. The molecule has 0 saturated carbocycles. The van der Waals surface area contributed by atoms with Crippen LogP contribution in [0.25, 0.3) is 0 Å². The van der Waals surface area contributed by atoms with E-state index in [1.54, 1.807) is 13.2 Å². The van der Waals surface area contributed by atoms with Gasteiger partial charge in [-0.2, -0.15) is 0 Å². The van der Waals surface area contributed by atoms with Crippen LogP contribution in [0, 0.1) is 11.3 Å². The molecule has 0 amide bonds. The zero-order valence-electron chi connectivity index (χ0n) is 16.0. The zero-order chi connectivity index (χ0) is 20.1. The van der Waals surface area contributed by atoms with E-state index in [9.17, 15) is 4.79 Å². The van der Waals surface area contributed by atoms with Gasteiger partial charge in [-0.05, 0) is 29.7 Å². The molecule has 0 radical (unpaired) electrons. The van der Waals surface area contributed by atoms with Crippen LogP contribution in [-0.4, -0.2) is 12.9 Å². The van der Waals surface area contributed by atoms with Gasteiger partial charge in [-0.1, -0.05) is 55.3 Å². The average Bonchev–Trinajstić information content (AvgIpc) is 2.76. The van der Waals surface area contributed by atoms with E-state index < -0.39 is 5.92 Å². The number of benzene rings is 2. The summed E-state index contributed by atoms with van der Waals surface area (Å²) in [5.74, 6) is 0.294. The minimum Gasteiger partial charge on any atom is -0.495 e. The Kier molecular flexibility index (Phi) is 4.80. The number of ketones is 1. The van der Waals surface area contributed by atoms with Crippen molar-refractivity contribution in [2.24, 2.45) is 11.3 Å². The van der Waals surface area contributed by atoms with Crippen molar-refractivity contribution in [3.05, 3.63) is 63.8 Å². The second kappa shape index (κ2) is 7.02. The van der Waals surface area contributed by atoms with Gasteiger partial charge in [-0.25, -0.2) is 0 Å². The van der Waals surface area contributed by atoms with Crippen LogP contribution in [0.1, 0.15) is 31.9 Å². The summed E-state index contributed by atoms with van der Waals surface area (Å²) < 4.78 is 5.59. The van der Waals surface area contributed by atoms with Crippen LogP contribution in [0.2, 0.25) is 10.0 Å². The molecule has 4 nitrogen and oxygen atoms in total. The number of carbonyl (C=O) groups excluding carboxylic acids is 1. The predicted octanol–water partition coefficient (Wildman–Crippen LogP) is 6.08. The molecule has 6 heteroatoms. The Morgan fingerprint density at radius 1 is 1.14 bits per heavy atom. The number of halogens is 2. The Labute approximate surface area is 174 Å². The highest BCUT2D eigenvalue weighted by Gasteiger charge is 2.42. The first-order valence-corrected chi connectivity index (χ1v) is 9.95. The molecular weight excluding hydrogens is 395 g/mol. The monoisotopic (exact) mass is 416 g/mol. The number of rotatable bonds is 2. The quantitative estimate of drug-likeness (QED) is 0.622. The lowest BCUT2D eigenvalue weighted by Crippen LogP contribution is -2.36. The largest absolute Gasteiger partial charge is 0.495 e. The Bertz CT molecular complexity index is 984. The molecule has 1 heterocycles. The number of hydrogen-bond donors (Lipinski definition) is 2. The Morgan fingerprint density at radius 3 is 2.57 bits per heavy atom. The molecule has 0 fully saturated rings. The minimum absolute atomic E-state index is 0.165. The molecule has 2 atom stereocenters. The lowest BCUT2D eigenvalue weighted by molar-refractivity contribution is -0.124. The van der Waals surface area contributed by atoms with Gasteiger partial charge in [0.05, 0.1) is 35.5 Å². The molecule has 0 spiro atoms. The highest BCUT2D eigenvalue weighted by molar-refractivity contribution is 6.35. The standard InChI is InChI=1S/C22H22Cl2N2O2/c1-22(2)10-17-19(18(27)11-22)20(26-16-7-5-4-6-15(16)25-17)13-8-12(23)9-14(24)21(13)28-3/h4-10,19-20,25-26H,11H2,1-3H3/t19-,20+/m0/s1. The zero-order valence-corrected chi connectivity index (χ0v) is 17.5. The van der Waals surface area contributed by atoms with E-state index in [0.717, 1.165) is 22.6 Å². The molecule has 4 rings (SSSR count). The number of methoxy groups -OCH3 is 1. The van der Waals surface area contributed by atoms with Crippen molar-refractivity contribution < 1.29 is 9.53 Å². The number of carbonyl (C=O) groups is 1. The van der Waals surface area contributed by atoms with Gasteiger partial charge in [0, 0.05) is 22.7 Å². The van der Waals surface area contributed by atoms with Crippen LogP contribution in [0.4, 0.5) is 11.4 Å². The van der Waals surface area contributed by atoms with Crippen molar-refractivity contribution in [3.8, 4) is 5.75 Å². The first kappa shape index (κ1) is 19.2. The number of allylic oxidation sites excluding steroid dienone is 1. The summed E-state index contributed by atoms with van der Waals surface area (Å²) in [7, 11) is 1.57. The van der Waals surface area contributed by atoms with Gasteiger partial charge in [0.15, 0.2) is 0 Å². The first-order chi connectivity index (χ1) is 13.3. The second-order valence-electron chi connectivity index (χ2n) is 8.01. The smallest absolute Gasteiger partial charge is 0.145 e. The van der Waals surface area contributed by atoms with Crippen LogP contribution in [0.3, 0.4) is 0 Å². The van der Waals surface area contributed by atoms with E-state index in [4.69, 9.17) is 27.9 Å². The highest BCUT2D eigenvalue weighted by atomic mass is 35.5. The lowest BCUT2D eigenvalue weighted by atomic mass is 9.72. The van der Waals surface area contributed by atoms with Crippen LogP contribution in [-0.2, 0) is 4.79 Å². The molecule has 146 valence electrons. The first-order valence-electron chi connectivity index (χ1n) is 9.20. The molecule has 1 aliphatic carbocycles. The van der Waals surface area contributed by atoms with Crippen LogP contribution >= 0.6 is 23.2 Å². The maximum Gasteiger partial charge on any atom is 0.145 e. The predicted molar refractivity (Wildman–Crippen MR) is 114 cm³/mol. The van der Waals surface area contributed by atoms with E-state index in [0.29, 0.717) is 22.2 Å². The summed E-state index contributed by atoms with van der Waals surface area (Å²) in [6.07, 6.45) is 2.63. The van der Waals surface area contributed by atoms with Gasteiger partial charge in [0.2, 0.25) is 0 Å². The Morgan fingerprint density at radius 2 is 1.86 bits per heavy atom. The van der Waals surface area contributed by atoms with E-state index in [2.05, 4.69) is 30.6 Å². The van der Waals surface area contributed by atoms with Crippen molar-refractivity contribution in [2.75, 3.05) is 17.7 Å². The molecule has 1 aliphatic heterocycles. The second-order valence-corrected chi connectivity index (χ2v) is 8.86. The van der Waals surface area contributed by atoms with Crippen molar-refractivity contribution in [3.63, 3.8) is 0 Å². The van der Waals surface area contributed by atoms with Crippen LogP contribution in [0.15, 0.2) is 48.2 Å². The summed E-state index contributed by atoms with van der Waals surface area (Å²) in [6, 6.07) is 11.0. The van der Waals surface area contributed by atoms with Gasteiger partial charge >= 0.3 is 0 Å². The molecule has 0 bridgehead atoms. The number of hydrogen-bond acceptors (Lipinski definition) is 4. The number of nitrogens with one attached hydrogen (secondary N) is 2. The summed E-state index contributed by atoms with van der Waals surface area (Å²) in [4.78, 5) is 13.3. The van der Waals surface area contributed by atoms with Crippen molar-refractivity contribution in [1.82, 2.24) is 0 Å². The van der Waals surface area contributed by atoms with Crippen LogP contribution in [0.5, 0.6) is 5.75 Å². The van der Waals surface area contributed by atoms with E-state index in [1.807, 2.05) is 30.3 Å². The third-order valence-electron chi connectivity index (χ3n) is 5.28. The molecule has 0 unspecified atom stereocenters. The summed E-state index contributed by atoms with van der Waals surface area (Å²) >= 11 is 12.7. The molecule has 2 N–H and O–H groups in total. The van der Waals surface area contributed by atoms with Gasteiger partial charge < -0.3 is 15.4 Å². The van der Waals surface area contributed by atoms with Crippen molar-refractivity contribution in [1.29, 1.82) is 0 Å². The normalized spacial score (nSPS) is 22.8. The molecule has 28 heavy (non-hydrogen) atoms. The Hall–Kier alpha value is -2.17. The van der Waals surface area contributed by atoms with Gasteiger partial charge in [-0.15, -0.1) is 0 Å². The van der Waals surface area contributed by atoms with E-state index in [-0.39, 0.29) is 17.2 Å². The molecule has 2 aromatic rings. The van der Waals surface area contributed by atoms with Gasteiger partial charge in [0.25, 0.3) is 0 Å². The maximum absolute atomic E-state index is 13.3. The summed E-state index contributed by atoms with van der Waals surface area (Å²) in [6.45, 7) is 4.15. The number of fused-ring (bicyclic) bond motifs is 2. The third-order valence-corrected chi connectivity index (χ3v) is 5.78. The average molecular weight is 417 g/mol. The summed E-state index contributed by atoms with van der Waals surface area (Å²) in [5, 5.41) is 7.95. The van der Waals surface area contributed by atoms with E-state index >= 15 is 0 Å². The minimum atomic E-state index is -0.399. The molecule has 0 aromatic heterocycles. The fourth-order valence-electron chi connectivity index (χ4n) is 4.18. The number of ether oxygens (including phenoxy) is 1. The molecule has 2 aromatic carbocycles. The SMILES string of the molecule is COc1c(Cl)cc(Cl)cc1[C@H]1Nc2ccccc2NC2=CC(C)(C)CC(=O)[C@H]21. The van der Waals surface area contributed by atoms with Crippen molar-refractivity contribution in [2.45, 2.75) is 26.3 Å². The number of Topliss-reactive ketones (excluding diaryl/α,β-unsaturated/α-hetero) is 1. The van der Waals surface area contributed by atoms with E-state index in [1.165, 1.54) is 0 Å². The topological polar surface area (TPSA) is 50.4 Å². The Balaban J connectivity index is 1.94. The number of anilines is 2. The molecular formula is C22H22Cl2N2O2. The molecule has 0 saturated heterocycles. The highest BCUT2D eigenvalue weighted by Crippen LogP contribution is 2.48. The van der Waals surface area contributed by atoms with Crippen molar-refractivity contribution >= 4 is 40.4 Å². The fourth-order valence-corrected chi connectivity index (χ4v) is 4.77. The molecule has 2 aliphatic rings. The number of para-hydroxylation sites is 2. The van der Waals surface area contributed by atoms with Crippen LogP contribution < -0.4 is 15.4 Å². The maximum atomic E-state index is 13.3. The van der Waals surface area contributed by atoms with Gasteiger partial charge in [-0.3, -0.25) is 4.79 Å². The third kappa shape index (κ3) is 3.36. The van der Waals surface area contributed by atoms with Gasteiger partial charge in [0.1, 0.15) is 11.5 Å². The lowest BCUT2D eigenvalue weighted by Gasteiger charge is -2.36. The summed E-state index contributed by atoms with van der Waals surface area (Å²) in [5.41, 5.74) is 3.28.